The Morgan fingerprint density at radius 1 is 1.41 bits per heavy atom. The first-order valence-electron chi connectivity index (χ1n) is 11.8. The van der Waals surface area contributed by atoms with Gasteiger partial charge < -0.3 is 28.8 Å². The lowest BCUT2D eigenvalue weighted by Crippen LogP contribution is -2.57. The molecule has 1 amide bonds. The minimum atomic E-state index is -0.320. The van der Waals surface area contributed by atoms with Crippen molar-refractivity contribution in [2.24, 2.45) is 11.8 Å². The number of carbonyl (C=O) groups excluding carboxylic acids is 1. The largest absolute Gasteiger partial charge is 0.443 e. The van der Waals surface area contributed by atoms with E-state index >= 15 is 0 Å². The first-order chi connectivity index (χ1) is 15.3. The van der Waals surface area contributed by atoms with Crippen LogP contribution in [0.15, 0.2) is 24.0 Å². The predicted molar refractivity (Wildman–Crippen MR) is 117 cm³/mol. The van der Waals surface area contributed by atoms with Gasteiger partial charge in [-0.1, -0.05) is 11.6 Å². The zero-order chi connectivity index (χ0) is 22.5. The van der Waals surface area contributed by atoms with E-state index in [2.05, 4.69) is 36.8 Å². The Balaban J connectivity index is 1.21. The summed E-state index contributed by atoms with van der Waals surface area (Å²) in [7, 11) is 1.71. The summed E-state index contributed by atoms with van der Waals surface area (Å²) in [5.41, 5.74) is 0.765. The molecule has 0 aromatic carbocycles. The lowest BCUT2D eigenvalue weighted by Gasteiger charge is -2.44. The maximum atomic E-state index is 12.8. The maximum absolute atomic E-state index is 12.8. The Bertz CT molecular complexity index is 857. The number of epoxide rings is 2. The Labute approximate surface area is 189 Å². The number of hydrogen-bond acceptors (Lipinski definition) is 6. The molecular formula is C24H35N3O5. The Morgan fingerprint density at radius 2 is 2.19 bits per heavy atom. The number of carbonyl (C=O) groups is 1. The number of aromatic nitrogens is 2. The van der Waals surface area contributed by atoms with E-state index in [1.807, 2.05) is 6.20 Å². The average Bonchev–Trinajstić information content (AvgIpc) is 3.57. The minimum absolute atomic E-state index is 0.0465. The van der Waals surface area contributed by atoms with Crippen LogP contribution < -0.4 is 0 Å². The smallest absolute Gasteiger partial charge is 0.410 e. The molecule has 1 spiro atoms. The number of aromatic amines is 1. The van der Waals surface area contributed by atoms with Crippen molar-refractivity contribution in [2.45, 2.75) is 76.0 Å². The molecular weight excluding hydrogens is 410 g/mol. The molecule has 4 unspecified atom stereocenters. The van der Waals surface area contributed by atoms with Crippen molar-refractivity contribution in [1.82, 2.24) is 14.9 Å². The molecule has 1 aromatic heterocycles. The summed E-state index contributed by atoms with van der Waals surface area (Å²) in [6, 6.07) is 0. The minimum Gasteiger partial charge on any atom is -0.443 e. The zero-order valence-electron chi connectivity index (χ0n) is 19.5. The summed E-state index contributed by atoms with van der Waals surface area (Å²) in [6.45, 7) is 8.50. The van der Waals surface area contributed by atoms with Crippen molar-refractivity contribution in [3.05, 3.63) is 29.9 Å². The normalized spacial score (nSPS) is 38.3. The number of nitrogens with zero attached hydrogens (tertiary/aromatic N) is 2. The second kappa shape index (κ2) is 8.15. The fourth-order valence-electron chi connectivity index (χ4n) is 5.81. The third kappa shape index (κ3) is 3.97. The monoisotopic (exact) mass is 445 g/mol. The fourth-order valence-corrected chi connectivity index (χ4v) is 5.81. The van der Waals surface area contributed by atoms with E-state index in [0.717, 1.165) is 38.1 Å². The summed E-state index contributed by atoms with van der Waals surface area (Å²) in [6.07, 6.45) is 8.53. The number of allylic oxidation sites excluding steroid dienone is 1. The van der Waals surface area contributed by atoms with E-state index in [1.165, 1.54) is 5.57 Å². The Hall–Kier alpha value is -1.90. The molecule has 4 fully saturated rings. The molecule has 3 aliphatic heterocycles. The highest BCUT2D eigenvalue weighted by molar-refractivity contribution is 5.69. The number of nitrogens with one attached hydrogen (secondary N) is 1. The van der Waals surface area contributed by atoms with Crippen molar-refractivity contribution < 1.29 is 23.7 Å². The van der Waals surface area contributed by atoms with Gasteiger partial charge in [-0.25, -0.2) is 9.78 Å². The van der Waals surface area contributed by atoms with E-state index < -0.39 is 0 Å². The molecule has 1 N–H and O–H groups in total. The van der Waals surface area contributed by atoms with Crippen LogP contribution in [0, 0.1) is 11.8 Å². The standard InChI is InChI=1S/C24H35N3O5/c1-15(2)5-6-18-23(3,32-18)21-20(29-4)17(7-8-24(21)14-30-24)31-22(28)27-12-16(13-27)11-19-25-9-10-26-19/h5,9-10,16-18,20-21H,6-8,11-14H2,1-4H3,(H,25,26)/t17?,18-,20?,21?,23+,24?/m1/s1. The van der Waals surface area contributed by atoms with Gasteiger partial charge in [0.25, 0.3) is 0 Å². The van der Waals surface area contributed by atoms with E-state index in [1.54, 1.807) is 18.2 Å². The molecule has 8 heteroatoms. The van der Waals surface area contributed by atoms with Gasteiger partial charge in [-0.05, 0) is 40.0 Å². The van der Waals surface area contributed by atoms with Gasteiger partial charge in [0.1, 0.15) is 29.2 Å². The Morgan fingerprint density at radius 3 is 2.81 bits per heavy atom. The lowest BCUT2D eigenvalue weighted by atomic mass is 9.68. The van der Waals surface area contributed by atoms with Gasteiger partial charge in [0.2, 0.25) is 0 Å². The number of rotatable bonds is 7. The van der Waals surface area contributed by atoms with Gasteiger partial charge in [0, 0.05) is 44.9 Å². The molecule has 8 nitrogen and oxygen atoms in total. The second-order valence-corrected chi connectivity index (χ2v) is 10.3. The Kier molecular flexibility index (Phi) is 5.58. The molecule has 32 heavy (non-hydrogen) atoms. The van der Waals surface area contributed by atoms with Crippen LogP contribution in [0.2, 0.25) is 0 Å². The van der Waals surface area contributed by atoms with E-state index in [4.69, 9.17) is 18.9 Å². The molecule has 4 heterocycles. The van der Waals surface area contributed by atoms with Crippen LogP contribution in [0.5, 0.6) is 0 Å². The fraction of sp³-hybridized carbons (Fsp3) is 0.750. The third-order valence-corrected chi connectivity index (χ3v) is 7.74. The summed E-state index contributed by atoms with van der Waals surface area (Å²) in [4.78, 5) is 22.0. The van der Waals surface area contributed by atoms with Gasteiger partial charge >= 0.3 is 6.09 Å². The number of methoxy groups -OCH3 is 1. The van der Waals surface area contributed by atoms with Crippen molar-refractivity contribution in [2.75, 3.05) is 26.8 Å². The lowest BCUT2D eigenvalue weighted by molar-refractivity contribution is -0.124. The summed E-state index contributed by atoms with van der Waals surface area (Å²) in [5, 5.41) is 0. The second-order valence-electron chi connectivity index (χ2n) is 10.3. The number of H-pyrrole nitrogens is 1. The van der Waals surface area contributed by atoms with E-state index in [-0.39, 0.29) is 41.5 Å². The van der Waals surface area contributed by atoms with Crippen LogP contribution in [0.1, 0.15) is 45.9 Å². The van der Waals surface area contributed by atoms with Crippen LogP contribution in [-0.4, -0.2) is 77.3 Å². The molecule has 0 radical (unpaired) electrons. The molecule has 1 aliphatic carbocycles. The highest BCUT2D eigenvalue weighted by Crippen LogP contribution is 2.59. The quantitative estimate of drug-likeness (QED) is 0.512. The topological polar surface area (TPSA) is 92.5 Å². The van der Waals surface area contributed by atoms with Gasteiger partial charge in [-0.3, -0.25) is 0 Å². The highest BCUT2D eigenvalue weighted by Gasteiger charge is 2.72. The molecule has 1 saturated carbocycles. The van der Waals surface area contributed by atoms with Crippen molar-refractivity contribution >= 4 is 6.09 Å². The number of ether oxygens (including phenoxy) is 4. The van der Waals surface area contributed by atoms with Crippen LogP contribution in [-0.2, 0) is 25.4 Å². The molecule has 3 saturated heterocycles. The van der Waals surface area contributed by atoms with Gasteiger partial charge in [-0.2, -0.15) is 0 Å². The first kappa shape index (κ1) is 21.9. The number of imidazole rings is 1. The van der Waals surface area contributed by atoms with Gasteiger partial charge in [0.05, 0.1) is 18.6 Å². The maximum Gasteiger partial charge on any atom is 0.410 e. The van der Waals surface area contributed by atoms with E-state index in [9.17, 15) is 4.79 Å². The van der Waals surface area contributed by atoms with Gasteiger partial charge in [-0.15, -0.1) is 0 Å². The molecule has 6 atom stereocenters. The molecule has 4 aliphatic rings. The highest BCUT2D eigenvalue weighted by atomic mass is 16.6. The number of amides is 1. The average molecular weight is 446 g/mol. The van der Waals surface area contributed by atoms with Crippen molar-refractivity contribution in [1.29, 1.82) is 0 Å². The molecule has 176 valence electrons. The zero-order valence-corrected chi connectivity index (χ0v) is 19.5. The van der Waals surface area contributed by atoms with Crippen molar-refractivity contribution in [3.63, 3.8) is 0 Å². The molecule has 5 rings (SSSR count). The van der Waals surface area contributed by atoms with Crippen LogP contribution in [0.3, 0.4) is 0 Å². The third-order valence-electron chi connectivity index (χ3n) is 7.74. The SMILES string of the molecule is COC1C(OC(=O)N2CC(Cc3ncc[nH]3)C2)CCC2(CO2)C1[C@@]1(C)O[C@@H]1CC=C(C)C. The summed E-state index contributed by atoms with van der Waals surface area (Å²) >= 11 is 0. The van der Waals surface area contributed by atoms with Crippen LogP contribution >= 0.6 is 0 Å². The van der Waals surface area contributed by atoms with Gasteiger partial charge in [0.15, 0.2) is 0 Å². The number of hydrogen-bond donors (Lipinski definition) is 1. The summed E-state index contributed by atoms with van der Waals surface area (Å²) < 4.78 is 24.2. The van der Waals surface area contributed by atoms with E-state index in [0.29, 0.717) is 19.0 Å². The van der Waals surface area contributed by atoms with Crippen molar-refractivity contribution in [3.8, 4) is 0 Å². The number of likely N-dealkylation sites (tertiary alicyclic amines) is 1. The summed E-state index contributed by atoms with van der Waals surface area (Å²) in [5.74, 6) is 1.43. The van der Waals surface area contributed by atoms with Crippen LogP contribution in [0.25, 0.3) is 0 Å². The molecule has 0 bridgehead atoms. The first-order valence-corrected chi connectivity index (χ1v) is 11.8. The predicted octanol–water partition coefficient (Wildman–Crippen LogP) is 3.10. The van der Waals surface area contributed by atoms with Crippen LogP contribution in [0.4, 0.5) is 4.79 Å². The molecule has 1 aromatic rings.